The highest BCUT2D eigenvalue weighted by molar-refractivity contribution is 9.10. The second-order valence-corrected chi connectivity index (χ2v) is 6.10. The molecule has 0 radical (unpaired) electrons. The molecule has 0 aromatic heterocycles. The quantitative estimate of drug-likeness (QED) is 0.626. The van der Waals surface area contributed by atoms with E-state index in [1.165, 1.54) is 0 Å². The van der Waals surface area contributed by atoms with Crippen molar-refractivity contribution in [2.75, 3.05) is 18.4 Å². The molecule has 1 fully saturated rings. The number of halogens is 1. The first-order chi connectivity index (χ1) is 10.1. The van der Waals surface area contributed by atoms with Gasteiger partial charge in [-0.05, 0) is 44.0 Å². The van der Waals surface area contributed by atoms with Gasteiger partial charge in [-0.15, -0.1) is 0 Å². The molecule has 114 valence electrons. The van der Waals surface area contributed by atoms with Crippen molar-refractivity contribution in [2.45, 2.75) is 31.7 Å². The van der Waals surface area contributed by atoms with Gasteiger partial charge in [-0.3, -0.25) is 9.59 Å². The van der Waals surface area contributed by atoms with Gasteiger partial charge in [-0.25, -0.2) is 0 Å². The summed E-state index contributed by atoms with van der Waals surface area (Å²) in [7, 11) is 0. The van der Waals surface area contributed by atoms with Gasteiger partial charge in [0.15, 0.2) is 0 Å². The predicted molar refractivity (Wildman–Crippen MR) is 86.0 cm³/mol. The number of carbonyl (C=O) groups excluding carboxylic acids is 2. The second kappa shape index (κ2) is 8.14. The summed E-state index contributed by atoms with van der Waals surface area (Å²) in [5.74, 6) is 0.0217. The number of benzene rings is 1. The van der Waals surface area contributed by atoms with Gasteiger partial charge in [0, 0.05) is 22.6 Å². The smallest absolute Gasteiger partial charge is 0.238 e. The molecule has 3 N–H and O–H groups in total. The lowest BCUT2D eigenvalue weighted by molar-refractivity contribution is -0.121. The molecule has 2 amide bonds. The van der Waals surface area contributed by atoms with E-state index in [4.69, 9.17) is 0 Å². The number of rotatable bonds is 8. The van der Waals surface area contributed by atoms with Crippen LogP contribution in [0.25, 0.3) is 0 Å². The summed E-state index contributed by atoms with van der Waals surface area (Å²) in [6, 6.07) is 7.87. The first-order valence-electron chi connectivity index (χ1n) is 7.19. The van der Waals surface area contributed by atoms with Crippen LogP contribution in [0.1, 0.15) is 25.7 Å². The minimum absolute atomic E-state index is 0.0875. The molecule has 0 heterocycles. The average molecular weight is 354 g/mol. The lowest BCUT2D eigenvalue weighted by atomic mass is 10.3. The lowest BCUT2D eigenvalue weighted by Crippen LogP contribution is -2.30. The van der Waals surface area contributed by atoms with Gasteiger partial charge in [0.1, 0.15) is 0 Å². The molecule has 6 heteroatoms. The van der Waals surface area contributed by atoms with Crippen molar-refractivity contribution in [1.29, 1.82) is 0 Å². The maximum Gasteiger partial charge on any atom is 0.238 e. The van der Waals surface area contributed by atoms with Gasteiger partial charge in [0.2, 0.25) is 11.8 Å². The van der Waals surface area contributed by atoms with Crippen LogP contribution in [-0.4, -0.2) is 30.9 Å². The molecule has 0 bridgehead atoms. The van der Waals surface area contributed by atoms with Crippen molar-refractivity contribution in [1.82, 2.24) is 10.6 Å². The lowest BCUT2D eigenvalue weighted by Gasteiger charge is -2.07. The van der Waals surface area contributed by atoms with E-state index in [0.717, 1.165) is 29.4 Å². The van der Waals surface area contributed by atoms with Crippen LogP contribution in [0.5, 0.6) is 0 Å². The van der Waals surface area contributed by atoms with Crippen molar-refractivity contribution in [3.8, 4) is 0 Å². The highest BCUT2D eigenvalue weighted by atomic mass is 79.9. The minimum atomic E-state index is -0.0875. The van der Waals surface area contributed by atoms with Crippen LogP contribution >= 0.6 is 15.9 Å². The molecule has 1 aliphatic carbocycles. The van der Waals surface area contributed by atoms with E-state index < -0.39 is 0 Å². The minimum Gasteiger partial charge on any atom is -0.353 e. The molecule has 5 nitrogen and oxygen atoms in total. The Balaban J connectivity index is 1.53. The third-order valence-corrected chi connectivity index (χ3v) is 3.59. The first-order valence-corrected chi connectivity index (χ1v) is 7.98. The normalized spacial score (nSPS) is 13.8. The highest BCUT2D eigenvalue weighted by Gasteiger charge is 2.22. The van der Waals surface area contributed by atoms with Crippen molar-refractivity contribution < 1.29 is 9.59 Å². The van der Waals surface area contributed by atoms with E-state index in [-0.39, 0.29) is 18.4 Å². The Morgan fingerprint density at radius 3 is 2.76 bits per heavy atom. The van der Waals surface area contributed by atoms with Crippen LogP contribution in [0.2, 0.25) is 0 Å². The summed E-state index contributed by atoms with van der Waals surface area (Å²) in [4.78, 5) is 23.1. The fraction of sp³-hybridized carbons (Fsp3) is 0.467. The zero-order chi connectivity index (χ0) is 15.1. The first kappa shape index (κ1) is 16.0. The van der Waals surface area contributed by atoms with E-state index in [1.54, 1.807) is 0 Å². The summed E-state index contributed by atoms with van der Waals surface area (Å²) in [6.45, 7) is 0.904. The van der Waals surface area contributed by atoms with E-state index >= 15 is 0 Å². The van der Waals surface area contributed by atoms with Crippen molar-refractivity contribution >= 4 is 33.4 Å². The van der Waals surface area contributed by atoms with Gasteiger partial charge < -0.3 is 16.0 Å². The number of hydrogen-bond acceptors (Lipinski definition) is 3. The van der Waals surface area contributed by atoms with Gasteiger partial charge in [0.25, 0.3) is 0 Å². The second-order valence-electron chi connectivity index (χ2n) is 5.18. The molecule has 0 unspecified atom stereocenters. The Morgan fingerprint density at radius 2 is 2.05 bits per heavy atom. The highest BCUT2D eigenvalue weighted by Crippen LogP contribution is 2.18. The maximum atomic E-state index is 11.7. The summed E-state index contributed by atoms with van der Waals surface area (Å²) >= 11 is 3.36. The van der Waals surface area contributed by atoms with Crippen molar-refractivity contribution in [3.05, 3.63) is 28.7 Å². The Bertz CT molecular complexity index is 503. The van der Waals surface area contributed by atoms with Crippen LogP contribution < -0.4 is 16.0 Å². The third kappa shape index (κ3) is 6.73. The van der Waals surface area contributed by atoms with Gasteiger partial charge in [-0.1, -0.05) is 22.0 Å². The predicted octanol–water partition coefficient (Wildman–Crippen LogP) is 2.04. The molecular formula is C15H20BrN3O2. The monoisotopic (exact) mass is 353 g/mol. The Labute approximate surface area is 133 Å². The van der Waals surface area contributed by atoms with Gasteiger partial charge >= 0.3 is 0 Å². The molecule has 1 aromatic rings. The number of amides is 2. The Kier molecular flexibility index (Phi) is 6.20. The van der Waals surface area contributed by atoms with Crippen molar-refractivity contribution in [3.63, 3.8) is 0 Å². The molecule has 1 aromatic carbocycles. The van der Waals surface area contributed by atoms with E-state index in [2.05, 4.69) is 31.9 Å². The average Bonchev–Trinajstić information content (AvgIpc) is 3.22. The summed E-state index contributed by atoms with van der Waals surface area (Å²) in [6.07, 6.45) is 3.47. The number of nitrogens with one attached hydrogen (secondary N) is 3. The summed E-state index contributed by atoms with van der Waals surface area (Å²) in [5.41, 5.74) is 0.764. The molecule has 0 aliphatic heterocycles. The number of anilines is 1. The van der Waals surface area contributed by atoms with Gasteiger partial charge in [0.05, 0.1) is 6.54 Å². The van der Waals surface area contributed by atoms with Crippen molar-refractivity contribution in [2.24, 2.45) is 0 Å². The summed E-state index contributed by atoms with van der Waals surface area (Å²) < 4.78 is 0.926. The topological polar surface area (TPSA) is 70.2 Å². The maximum absolute atomic E-state index is 11.7. The Hall–Kier alpha value is -1.40. The van der Waals surface area contributed by atoms with Crippen LogP contribution in [0.15, 0.2) is 28.7 Å². The van der Waals surface area contributed by atoms with Crippen LogP contribution in [-0.2, 0) is 9.59 Å². The zero-order valence-corrected chi connectivity index (χ0v) is 13.4. The Morgan fingerprint density at radius 1 is 1.24 bits per heavy atom. The van der Waals surface area contributed by atoms with Gasteiger partial charge in [-0.2, -0.15) is 0 Å². The van der Waals surface area contributed by atoms with Crippen LogP contribution in [0, 0.1) is 0 Å². The molecule has 0 spiro atoms. The van der Waals surface area contributed by atoms with Crippen LogP contribution in [0.3, 0.4) is 0 Å². The third-order valence-electron chi connectivity index (χ3n) is 3.09. The standard InChI is InChI=1S/C15H20BrN3O2/c16-11-3-1-4-13(9-11)19-15(21)10-17-8-2-5-14(20)18-12-6-7-12/h1,3-4,9,12,17H,2,5-8,10H2,(H,18,20)(H,19,21). The fourth-order valence-electron chi connectivity index (χ4n) is 1.87. The molecule has 21 heavy (non-hydrogen) atoms. The molecule has 1 aliphatic rings. The summed E-state index contributed by atoms with van der Waals surface area (Å²) in [5, 5.41) is 8.79. The number of hydrogen-bond donors (Lipinski definition) is 3. The molecule has 1 saturated carbocycles. The molecule has 0 saturated heterocycles. The zero-order valence-electron chi connectivity index (χ0n) is 11.8. The van der Waals surface area contributed by atoms with Crippen LogP contribution in [0.4, 0.5) is 5.69 Å². The molecular weight excluding hydrogens is 334 g/mol. The number of carbonyl (C=O) groups is 2. The largest absolute Gasteiger partial charge is 0.353 e. The fourth-order valence-corrected chi connectivity index (χ4v) is 2.27. The van der Waals surface area contributed by atoms with E-state index in [9.17, 15) is 9.59 Å². The SMILES string of the molecule is O=C(CNCCCC(=O)NC1CC1)Nc1cccc(Br)c1. The van der Waals surface area contributed by atoms with E-state index in [0.29, 0.717) is 19.0 Å². The van der Waals surface area contributed by atoms with E-state index in [1.807, 2.05) is 24.3 Å². The molecule has 0 atom stereocenters. The molecule has 2 rings (SSSR count).